The third-order valence-electron chi connectivity index (χ3n) is 8.83. The van der Waals surface area contributed by atoms with Crippen molar-refractivity contribution in [1.82, 2.24) is 20.2 Å². The molecule has 2 N–H and O–H groups in total. The largest absolute Gasteiger partial charge is 0.353 e. The Balaban J connectivity index is 1.03. The lowest BCUT2D eigenvalue weighted by Crippen LogP contribution is -2.48. The summed E-state index contributed by atoms with van der Waals surface area (Å²) in [6.45, 7) is 3.96. The zero-order valence-electron chi connectivity index (χ0n) is 23.1. The minimum absolute atomic E-state index is 0.0118. The molecule has 40 heavy (non-hydrogen) atoms. The van der Waals surface area contributed by atoms with Gasteiger partial charge in [-0.3, -0.25) is 9.78 Å². The number of likely N-dealkylation sites (tertiary alicyclic amines) is 1. The number of halogens is 1. The van der Waals surface area contributed by atoms with Gasteiger partial charge < -0.3 is 20.4 Å². The first kappa shape index (κ1) is 26.7. The number of rotatable bonds is 7. The van der Waals surface area contributed by atoms with Crippen LogP contribution in [0.15, 0.2) is 60.9 Å². The molecule has 0 radical (unpaired) electrons. The monoisotopic (exact) mass is 542 g/mol. The van der Waals surface area contributed by atoms with E-state index >= 15 is 0 Å². The topological polar surface area (TPSA) is 73.4 Å². The van der Waals surface area contributed by atoms with E-state index in [2.05, 4.69) is 49.7 Å². The minimum Gasteiger partial charge on any atom is -0.353 e. The maximum Gasteiger partial charge on any atom is 0.251 e. The first-order valence-electron chi connectivity index (χ1n) is 14.9. The van der Waals surface area contributed by atoms with Crippen molar-refractivity contribution in [2.45, 2.75) is 69.4 Å². The quantitative estimate of drug-likeness (QED) is 0.389. The van der Waals surface area contributed by atoms with Gasteiger partial charge in [-0.15, -0.1) is 0 Å². The first-order valence-corrected chi connectivity index (χ1v) is 14.9. The number of hydrogen-bond acceptors (Lipinski definition) is 6. The molecule has 2 saturated heterocycles. The molecule has 0 bridgehead atoms. The second-order valence-corrected chi connectivity index (χ2v) is 11.5. The van der Waals surface area contributed by atoms with Crippen molar-refractivity contribution < 1.29 is 9.18 Å². The summed E-state index contributed by atoms with van der Waals surface area (Å²) in [5.74, 6) is 1.60. The van der Waals surface area contributed by atoms with E-state index in [9.17, 15) is 9.18 Å². The summed E-state index contributed by atoms with van der Waals surface area (Å²) in [6, 6.07) is 15.3. The second-order valence-electron chi connectivity index (χ2n) is 11.5. The minimum atomic E-state index is -0.349. The highest BCUT2D eigenvalue weighted by atomic mass is 19.1. The molecule has 1 saturated carbocycles. The van der Waals surface area contributed by atoms with Crippen molar-refractivity contribution in [3.05, 3.63) is 77.9 Å². The zero-order valence-corrected chi connectivity index (χ0v) is 23.1. The number of nitrogens with one attached hydrogen (secondary N) is 2. The third-order valence-corrected chi connectivity index (χ3v) is 8.83. The second kappa shape index (κ2) is 12.3. The van der Waals surface area contributed by atoms with Crippen LogP contribution in [-0.2, 0) is 0 Å². The van der Waals surface area contributed by atoms with Crippen molar-refractivity contribution in [2.24, 2.45) is 0 Å². The molecule has 8 heteroatoms. The predicted octanol–water partition coefficient (Wildman–Crippen LogP) is 5.88. The van der Waals surface area contributed by atoms with Gasteiger partial charge in [-0.1, -0.05) is 25.0 Å². The third kappa shape index (κ3) is 6.44. The van der Waals surface area contributed by atoms with Crippen LogP contribution in [0.4, 0.5) is 21.7 Å². The number of carbonyl (C=O) groups is 1. The van der Waals surface area contributed by atoms with E-state index < -0.39 is 0 Å². The van der Waals surface area contributed by atoms with Crippen LogP contribution < -0.4 is 15.5 Å². The van der Waals surface area contributed by atoms with E-state index in [0.717, 1.165) is 36.9 Å². The maximum absolute atomic E-state index is 13.2. The molecule has 3 aliphatic rings. The molecule has 1 aliphatic carbocycles. The average molecular weight is 543 g/mol. The van der Waals surface area contributed by atoms with Crippen molar-refractivity contribution in [1.29, 1.82) is 0 Å². The lowest BCUT2D eigenvalue weighted by atomic mass is 9.88. The van der Waals surface area contributed by atoms with Gasteiger partial charge in [-0.25, -0.2) is 9.37 Å². The number of carbonyl (C=O) groups excluding carboxylic acids is 1. The van der Waals surface area contributed by atoms with Gasteiger partial charge in [0.15, 0.2) is 5.82 Å². The number of hydrogen-bond donors (Lipinski definition) is 2. The van der Waals surface area contributed by atoms with E-state index in [1.807, 2.05) is 0 Å². The summed E-state index contributed by atoms with van der Waals surface area (Å²) in [5, 5.41) is 6.51. The number of benzene rings is 2. The average Bonchev–Trinajstić information content (AvgIpc) is 3.54. The van der Waals surface area contributed by atoms with Gasteiger partial charge in [0, 0.05) is 36.4 Å². The molecule has 1 atom stereocenters. The Hall–Kier alpha value is -3.52. The number of anilines is 3. The summed E-state index contributed by atoms with van der Waals surface area (Å²) in [7, 11) is 0. The SMILES string of the molecule is O=C(N[C@@H]1CCCN(c2cncc(Nc3ccc(C4CCN(C5CCCC5)CC4)cc3)n2)C1)c1ccc(F)cc1. The Bertz CT molecular complexity index is 1270. The summed E-state index contributed by atoms with van der Waals surface area (Å²) in [4.78, 5) is 26.8. The molecular formula is C32H39FN6O. The van der Waals surface area contributed by atoms with Gasteiger partial charge in [0.05, 0.1) is 12.4 Å². The van der Waals surface area contributed by atoms with E-state index in [4.69, 9.17) is 4.98 Å². The van der Waals surface area contributed by atoms with Gasteiger partial charge >= 0.3 is 0 Å². The molecule has 1 amide bonds. The van der Waals surface area contributed by atoms with Crippen LogP contribution in [0, 0.1) is 5.82 Å². The van der Waals surface area contributed by atoms with Crippen LogP contribution in [0.25, 0.3) is 0 Å². The predicted molar refractivity (Wildman–Crippen MR) is 157 cm³/mol. The van der Waals surface area contributed by atoms with Crippen LogP contribution in [-0.4, -0.2) is 59.0 Å². The number of aromatic nitrogens is 2. The van der Waals surface area contributed by atoms with Gasteiger partial charge in [0.25, 0.3) is 5.91 Å². The molecule has 3 fully saturated rings. The first-order chi connectivity index (χ1) is 19.6. The van der Waals surface area contributed by atoms with Gasteiger partial charge in [-0.2, -0.15) is 0 Å². The van der Waals surface area contributed by atoms with E-state index in [-0.39, 0.29) is 17.8 Å². The molecule has 0 spiro atoms. The highest BCUT2D eigenvalue weighted by molar-refractivity contribution is 5.94. The van der Waals surface area contributed by atoms with Crippen LogP contribution in [0.1, 0.15) is 73.2 Å². The highest BCUT2D eigenvalue weighted by Crippen LogP contribution is 2.33. The molecule has 2 aliphatic heterocycles. The van der Waals surface area contributed by atoms with Crippen molar-refractivity contribution >= 4 is 23.2 Å². The summed E-state index contributed by atoms with van der Waals surface area (Å²) in [6.07, 6.45) is 13.4. The van der Waals surface area contributed by atoms with Gasteiger partial charge in [-0.05, 0) is 99.5 Å². The fourth-order valence-electron chi connectivity index (χ4n) is 6.60. The summed E-state index contributed by atoms with van der Waals surface area (Å²) < 4.78 is 13.2. The fourth-order valence-corrected chi connectivity index (χ4v) is 6.60. The van der Waals surface area contributed by atoms with E-state index in [1.165, 1.54) is 81.4 Å². The molecule has 3 heterocycles. The smallest absolute Gasteiger partial charge is 0.251 e. The standard InChI is InChI=1S/C32H39FN6O/c33-26-11-7-25(8-12-26)32(40)36-28-4-3-17-39(22-28)31-21-34-20-30(37-31)35-27-13-9-23(10-14-27)24-15-18-38(19-16-24)29-5-1-2-6-29/h7-14,20-21,24,28-29H,1-6,15-19,22H2,(H,35,37)(H,36,40)/t28-/m1/s1. The van der Waals surface area contributed by atoms with Crippen molar-refractivity contribution in [3.63, 3.8) is 0 Å². The van der Waals surface area contributed by atoms with Crippen LogP contribution in [0.3, 0.4) is 0 Å². The molecule has 210 valence electrons. The molecular weight excluding hydrogens is 503 g/mol. The van der Waals surface area contributed by atoms with Crippen molar-refractivity contribution in [3.8, 4) is 0 Å². The van der Waals surface area contributed by atoms with Gasteiger partial charge in [0.2, 0.25) is 0 Å². The Morgan fingerprint density at radius 3 is 2.35 bits per heavy atom. The zero-order chi connectivity index (χ0) is 27.3. The molecule has 2 aromatic carbocycles. The summed E-state index contributed by atoms with van der Waals surface area (Å²) in [5.41, 5.74) is 2.89. The number of amides is 1. The highest BCUT2D eigenvalue weighted by Gasteiger charge is 2.28. The lowest BCUT2D eigenvalue weighted by molar-refractivity contribution is 0.0933. The molecule has 1 aromatic heterocycles. The normalized spacial score (nSPS) is 20.9. The van der Waals surface area contributed by atoms with Gasteiger partial charge in [0.1, 0.15) is 11.6 Å². The van der Waals surface area contributed by atoms with E-state index in [1.54, 1.807) is 12.4 Å². The summed E-state index contributed by atoms with van der Waals surface area (Å²) >= 11 is 0. The Kier molecular flexibility index (Phi) is 8.23. The van der Waals surface area contributed by atoms with Crippen molar-refractivity contribution in [2.75, 3.05) is 36.4 Å². The molecule has 7 nitrogen and oxygen atoms in total. The molecule has 3 aromatic rings. The Labute approximate surface area is 236 Å². The Morgan fingerprint density at radius 2 is 1.60 bits per heavy atom. The Morgan fingerprint density at radius 1 is 0.850 bits per heavy atom. The lowest BCUT2D eigenvalue weighted by Gasteiger charge is -2.36. The maximum atomic E-state index is 13.2. The molecule has 6 rings (SSSR count). The van der Waals surface area contributed by atoms with Crippen LogP contribution in [0.5, 0.6) is 0 Å². The number of nitrogens with zero attached hydrogens (tertiary/aromatic N) is 4. The molecule has 0 unspecified atom stereocenters. The van der Waals surface area contributed by atoms with E-state index in [0.29, 0.717) is 23.8 Å². The number of piperidine rings is 2. The van der Waals surface area contributed by atoms with Crippen LogP contribution >= 0.6 is 0 Å². The fraction of sp³-hybridized carbons (Fsp3) is 0.469. The van der Waals surface area contributed by atoms with Crippen LogP contribution in [0.2, 0.25) is 0 Å².